The molecule has 0 aromatic heterocycles. The molecule has 3 aromatic carbocycles. The molecule has 0 fully saturated rings. The summed E-state index contributed by atoms with van der Waals surface area (Å²) in [5.41, 5.74) is 1.31. The first-order chi connectivity index (χ1) is 13.9. The molecule has 3 rings (SSSR count). The van der Waals surface area contributed by atoms with Crippen LogP contribution in [0.5, 0.6) is 17.2 Å². The third-order valence-corrected chi connectivity index (χ3v) is 4.82. The molecule has 1 N–H and O–H groups in total. The molecule has 148 valence electrons. The Kier molecular flexibility index (Phi) is 6.64. The average molecular weight is 451 g/mol. The van der Waals surface area contributed by atoms with Crippen molar-refractivity contribution in [2.45, 2.75) is 0 Å². The number of halogens is 3. The van der Waals surface area contributed by atoms with Crippen molar-refractivity contribution in [3.63, 3.8) is 0 Å². The number of carboxylic acids is 1. The first kappa shape index (κ1) is 21.0. The number of nitrogens with zero attached hydrogens (tertiary/aromatic N) is 1. The van der Waals surface area contributed by atoms with E-state index in [1.807, 2.05) is 0 Å². The summed E-state index contributed by atoms with van der Waals surface area (Å²) in [7, 11) is 1.51. The number of hydrogen-bond donors (Lipinski definition) is 1. The monoisotopic (exact) mass is 449 g/mol. The van der Waals surface area contributed by atoms with Crippen molar-refractivity contribution in [3.05, 3.63) is 80.8 Å². The van der Waals surface area contributed by atoms with Crippen LogP contribution in [0.2, 0.25) is 15.1 Å². The Labute approximate surface area is 182 Å². The highest BCUT2D eigenvalue weighted by molar-refractivity contribution is 6.42. The van der Waals surface area contributed by atoms with E-state index >= 15 is 0 Å². The number of carboxylic acid groups (broad SMARTS) is 1. The van der Waals surface area contributed by atoms with Crippen LogP contribution in [0.15, 0.2) is 59.6 Å². The number of rotatable bonds is 6. The summed E-state index contributed by atoms with van der Waals surface area (Å²) >= 11 is 18.3. The fraction of sp³-hybridized carbons (Fsp3) is 0.0476. The van der Waals surface area contributed by atoms with Crippen molar-refractivity contribution in [1.82, 2.24) is 0 Å². The Bertz CT molecular complexity index is 1080. The van der Waals surface area contributed by atoms with Crippen LogP contribution in [0.4, 0.5) is 5.69 Å². The van der Waals surface area contributed by atoms with Crippen molar-refractivity contribution in [1.29, 1.82) is 0 Å². The molecule has 0 bridgehead atoms. The molecule has 0 atom stereocenters. The molecular weight excluding hydrogens is 437 g/mol. The summed E-state index contributed by atoms with van der Waals surface area (Å²) < 4.78 is 11.3. The topological polar surface area (TPSA) is 68.1 Å². The zero-order chi connectivity index (χ0) is 21.0. The first-order valence-electron chi connectivity index (χ1n) is 8.25. The lowest BCUT2D eigenvalue weighted by atomic mass is 10.2. The second-order valence-electron chi connectivity index (χ2n) is 5.81. The van der Waals surface area contributed by atoms with E-state index < -0.39 is 5.97 Å². The van der Waals surface area contributed by atoms with Gasteiger partial charge in [0, 0.05) is 28.9 Å². The highest BCUT2D eigenvalue weighted by Crippen LogP contribution is 2.37. The number of aliphatic imine (C=N–C) groups is 1. The minimum absolute atomic E-state index is 0.178. The molecule has 29 heavy (non-hydrogen) atoms. The maximum Gasteiger partial charge on any atom is 0.335 e. The van der Waals surface area contributed by atoms with Crippen molar-refractivity contribution < 1.29 is 19.4 Å². The number of ether oxygens (including phenoxy) is 2. The number of methoxy groups -OCH3 is 1. The molecule has 0 spiro atoms. The van der Waals surface area contributed by atoms with Gasteiger partial charge in [-0.15, -0.1) is 0 Å². The van der Waals surface area contributed by atoms with Gasteiger partial charge >= 0.3 is 5.97 Å². The van der Waals surface area contributed by atoms with Crippen molar-refractivity contribution in [3.8, 4) is 17.2 Å². The summed E-state index contributed by atoms with van der Waals surface area (Å²) in [5, 5.41) is 10.1. The zero-order valence-corrected chi connectivity index (χ0v) is 17.3. The summed E-state index contributed by atoms with van der Waals surface area (Å²) in [5.74, 6) is 0.301. The summed E-state index contributed by atoms with van der Waals surface area (Å²) in [4.78, 5) is 15.3. The van der Waals surface area contributed by atoms with Gasteiger partial charge in [0.1, 0.15) is 5.75 Å². The van der Waals surface area contributed by atoms with Crippen LogP contribution >= 0.6 is 34.8 Å². The Morgan fingerprint density at radius 1 is 0.931 bits per heavy atom. The fourth-order valence-electron chi connectivity index (χ4n) is 2.41. The van der Waals surface area contributed by atoms with Gasteiger partial charge in [0.15, 0.2) is 11.5 Å². The number of benzene rings is 3. The van der Waals surface area contributed by atoms with Gasteiger partial charge in [0.25, 0.3) is 0 Å². The van der Waals surface area contributed by atoms with Crippen molar-refractivity contribution >= 4 is 52.7 Å². The Morgan fingerprint density at radius 3 is 2.28 bits per heavy atom. The lowest BCUT2D eigenvalue weighted by Gasteiger charge is -2.13. The molecule has 0 amide bonds. The van der Waals surface area contributed by atoms with Gasteiger partial charge < -0.3 is 14.6 Å². The molecule has 3 aromatic rings. The predicted octanol–water partition coefficient (Wildman–Crippen LogP) is 6.90. The molecule has 0 saturated heterocycles. The first-order valence-corrected chi connectivity index (χ1v) is 9.38. The highest BCUT2D eigenvalue weighted by atomic mass is 35.5. The largest absolute Gasteiger partial charge is 0.493 e. The molecule has 0 unspecified atom stereocenters. The molecule has 0 aliphatic rings. The second kappa shape index (κ2) is 9.18. The molecule has 0 saturated carbocycles. The van der Waals surface area contributed by atoms with Crippen LogP contribution in [-0.4, -0.2) is 24.4 Å². The van der Waals surface area contributed by atoms with Crippen LogP contribution in [-0.2, 0) is 0 Å². The molecule has 8 heteroatoms. The SMILES string of the molecule is COc1cc(Cl)ccc1Oc1cc(Cl)c(Cl)cc1C=Nc1ccc(C(=O)O)cc1. The second-order valence-corrected chi connectivity index (χ2v) is 7.06. The molecule has 0 aliphatic carbocycles. The maximum atomic E-state index is 11.0. The lowest BCUT2D eigenvalue weighted by Crippen LogP contribution is -1.95. The van der Waals surface area contributed by atoms with E-state index in [-0.39, 0.29) is 5.56 Å². The smallest absolute Gasteiger partial charge is 0.335 e. The minimum Gasteiger partial charge on any atom is -0.493 e. The van der Waals surface area contributed by atoms with E-state index in [1.165, 1.54) is 19.2 Å². The Hall–Kier alpha value is -2.73. The van der Waals surface area contributed by atoms with Crippen LogP contribution in [0.3, 0.4) is 0 Å². The average Bonchev–Trinajstić information content (AvgIpc) is 2.71. The van der Waals surface area contributed by atoms with Crippen molar-refractivity contribution in [2.24, 2.45) is 4.99 Å². The van der Waals surface area contributed by atoms with Gasteiger partial charge in [-0.1, -0.05) is 34.8 Å². The van der Waals surface area contributed by atoms with Gasteiger partial charge in [0.2, 0.25) is 0 Å². The van der Waals surface area contributed by atoms with Gasteiger partial charge in [-0.3, -0.25) is 4.99 Å². The number of aromatic carboxylic acids is 1. The number of carbonyl (C=O) groups is 1. The molecule has 0 radical (unpaired) electrons. The zero-order valence-electron chi connectivity index (χ0n) is 15.0. The third kappa shape index (κ3) is 5.21. The third-order valence-electron chi connectivity index (χ3n) is 3.87. The van der Waals surface area contributed by atoms with E-state index in [1.54, 1.807) is 48.7 Å². The molecular formula is C21H14Cl3NO4. The Balaban J connectivity index is 1.95. The van der Waals surface area contributed by atoms with E-state index in [9.17, 15) is 4.79 Å². The normalized spacial score (nSPS) is 10.9. The van der Waals surface area contributed by atoms with Crippen LogP contribution < -0.4 is 9.47 Å². The summed E-state index contributed by atoms with van der Waals surface area (Å²) in [6, 6.07) is 14.3. The fourth-order valence-corrected chi connectivity index (χ4v) is 2.90. The maximum absolute atomic E-state index is 11.0. The minimum atomic E-state index is -1.00. The van der Waals surface area contributed by atoms with Gasteiger partial charge in [-0.2, -0.15) is 0 Å². The van der Waals surface area contributed by atoms with Gasteiger partial charge in [0.05, 0.1) is 28.4 Å². The standard InChI is InChI=1S/C21H14Cl3NO4/c1-28-20-9-14(22)4-7-18(20)29-19-10-17(24)16(23)8-13(19)11-25-15-5-2-12(3-6-15)21(26)27/h2-11H,1H3,(H,26,27). The summed E-state index contributed by atoms with van der Waals surface area (Å²) in [6.45, 7) is 0. The highest BCUT2D eigenvalue weighted by Gasteiger charge is 2.12. The van der Waals surface area contributed by atoms with Crippen LogP contribution in [0.1, 0.15) is 15.9 Å². The number of hydrogen-bond acceptors (Lipinski definition) is 4. The van der Waals surface area contributed by atoms with Gasteiger partial charge in [-0.25, -0.2) is 4.79 Å². The van der Waals surface area contributed by atoms with Crippen LogP contribution in [0, 0.1) is 0 Å². The molecule has 0 heterocycles. The van der Waals surface area contributed by atoms with E-state index in [0.717, 1.165) is 0 Å². The molecule has 0 aliphatic heterocycles. The van der Waals surface area contributed by atoms with Crippen LogP contribution in [0.25, 0.3) is 0 Å². The predicted molar refractivity (Wildman–Crippen MR) is 115 cm³/mol. The van der Waals surface area contributed by atoms with E-state index in [2.05, 4.69) is 4.99 Å². The molecule has 5 nitrogen and oxygen atoms in total. The summed E-state index contributed by atoms with van der Waals surface area (Å²) in [6.07, 6.45) is 1.55. The van der Waals surface area contributed by atoms with E-state index in [0.29, 0.717) is 43.6 Å². The lowest BCUT2D eigenvalue weighted by molar-refractivity contribution is 0.0697. The Morgan fingerprint density at radius 2 is 1.62 bits per heavy atom. The quantitative estimate of drug-likeness (QED) is 0.415. The van der Waals surface area contributed by atoms with E-state index in [4.69, 9.17) is 49.4 Å². The van der Waals surface area contributed by atoms with Crippen molar-refractivity contribution in [2.75, 3.05) is 7.11 Å². The van der Waals surface area contributed by atoms with Gasteiger partial charge in [-0.05, 0) is 42.5 Å².